The fraction of sp³-hybridized carbons (Fsp3) is 0.333. The van der Waals surface area contributed by atoms with Gasteiger partial charge in [-0.1, -0.05) is 74.0 Å². The normalized spacial score (nSPS) is 12.9. The fourth-order valence-corrected chi connectivity index (χ4v) is 2.62. The van der Waals surface area contributed by atoms with E-state index in [9.17, 15) is 14.7 Å². The molecule has 0 aliphatic heterocycles. The van der Waals surface area contributed by atoms with Crippen LogP contribution in [0.15, 0.2) is 60.7 Å². The van der Waals surface area contributed by atoms with Crippen LogP contribution in [-0.4, -0.2) is 23.1 Å². The van der Waals surface area contributed by atoms with Crippen LogP contribution in [0.4, 0.5) is 0 Å². The van der Waals surface area contributed by atoms with Crippen LogP contribution in [0, 0.1) is 5.92 Å². The van der Waals surface area contributed by atoms with Gasteiger partial charge in [0.1, 0.15) is 6.61 Å². The second-order valence-corrected chi connectivity index (χ2v) is 6.10. The molecule has 2 aromatic rings. The van der Waals surface area contributed by atoms with Crippen molar-refractivity contribution in [2.24, 2.45) is 5.92 Å². The van der Waals surface area contributed by atoms with Crippen LogP contribution in [0.3, 0.4) is 0 Å². The van der Waals surface area contributed by atoms with Crippen LogP contribution in [0.5, 0.6) is 0 Å². The molecule has 0 bridgehead atoms. The molecule has 6 heteroatoms. The molecule has 0 spiro atoms. The van der Waals surface area contributed by atoms with Gasteiger partial charge in [0.15, 0.2) is 6.10 Å². The van der Waals surface area contributed by atoms with E-state index in [1.165, 1.54) is 0 Å². The molecular formula is C21H24O6. The molecule has 0 fully saturated rings. The molecular weight excluding hydrogens is 348 g/mol. The molecule has 0 saturated carbocycles. The molecule has 0 aliphatic carbocycles. The molecule has 27 heavy (non-hydrogen) atoms. The van der Waals surface area contributed by atoms with Gasteiger partial charge in [-0.15, -0.1) is 0 Å². The number of ether oxygens (including phenoxy) is 1. The molecule has 0 amide bonds. The quantitative estimate of drug-likeness (QED) is 0.478. The van der Waals surface area contributed by atoms with Gasteiger partial charge in [0.2, 0.25) is 0 Å². The minimum Gasteiger partial charge on any atom is -0.479 e. The molecule has 0 saturated heterocycles. The number of carbonyl (C=O) groups excluding carboxylic acids is 1. The summed E-state index contributed by atoms with van der Waals surface area (Å²) in [5.41, 5.74) is 1.67. The van der Waals surface area contributed by atoms with Crippen LogP contribution in [0.25, 0.3) is 0 Å². The third-order valence-corrected chi connectivity index (χ3v) is 3.99. The number of carboxylic acids is 1. The van der Waals surface area contributed by atoms with Gasteiger partial charge in [-0.3, -0.25) is 4.89 Å². The van der Waals surface area contributed by atoms with Gasteiger partial charge >= 0.3 is 11.9 Å². The molecule has 2 aromatic carbocycles. The summed E-state index contributed by atoms with van der Waals surface area (Å²) in [6.45, 7) is 2.05. The predicted octanol–water partition coefficient (Wildman–Crippen LogP) is 3.75. The number of hydrogen-bond donors (Lipinski definition) is 1. The first-order valence-electron chi connectivity index (χ1n) is 8.87. The third-order valence-electron chi connectivity index (χ3n) is 3.99. The molecule has 2 unspecified atom stereocenters. The predicted molar refractivity (Wildman–Crippen MR) is 98.4 cm³/mol. The summed E-state index contributed by atoms with van der Waals surface area (Å²) in [4.78, 5) is 33.9. The zero-order chi connectivity index (χ0) is 19.5. The second-order valence-electron chi connectivity index (χ2n) is 6.10. The smallest absolute Gasteiger partial charge is 0.348 e. The zero-order valence-corrected chi connectivity index (χ0v) is 15.2. The number of benzene rings is 2. The largest absolute Gasteiger partial charge is 0.479 e. The molecule has 6 nitrogen and oxygen atoms in total. The summed E-state index contributed by atoms with van der Waals surface area (Å²) in [6, 6.07) is 18.4. The van der Waals surface area contributed by atoms with Gasteiger partial charge in [0.05, 0.1) is 12.5 Å². The maximum absolute atomic E-state index is 12.4. The van der Waals surface area contributed by atoms with Crippen molar-refractivity contribution in [3.05, 3.63) is 71.8 Å². The Labute approximate surface area is 158 Å². The van der Waals surface area contributed by atoms with E-state index in [2.05, 4.69) is 0 Å². The summed E-state index contributed by atoms with van der Waals surface area (Å²) >= 11 is 0. The number of carbonyl (C=O) groups is 2. The standard InChI is InChI=1S/C21H24O6/c1-2-9-18(21(24)27-26-15-17-12-7-4-8-13-17)19(20(22)23)25-14-16-10-5-3-6-11-16/h3-8,10-13,18-19H,2,9,14-15H2,1H3,(H,22,23). The monoisotopic (exact) mass is 372 g/mol. The molecule has 144 valence electrons. The molecule has 2 rings (SSSR count). The summed E-state index contributed by atoms with van der Waals surface area (Å²) in [6.07, 6.45) is -0.381. The maximum Gasteiger partial charge on any atom is 0.348 e. The van der Waals surface area contributed by atoms with Crippen molar-refractivity contribution < 1.29 is 29.2 Å². The Morgan fingerprint density at radius 2 is 1.48 bits per heavy atom. The Morgan fingerprint density at radius 1 is 0.926 bits per heavy atom. The highest BCUT2D eigenvalue weighted by molar-refractivity contribution is 5.82. The summed E-state index contributed by atoms with van der Waals surface area (Å²) in [5, 5.41) is 9.53. The lowest BCUT2D eigenvalue weighted by Crippen LogP contribution is -2.38. The maximum atomic E-state index is 12.4. The van der Waals surface area contributed by atoms with Gasteiger partial charge in [-0.2, -0.15) is 4.89 Å². The molecule has 0 aromatic heterocycles. The second kappa shape index (κ2) is 11.1. The van der Waals surface area contributed by atoms with Crippen LogP contribution >= 0.6 is 0 Å². The van der Waals surface area contributed by atoms with Crippen molar-refractivity contribution in [2.45, 2.75) is 39.1 Å². The lowest BCUT2D eigenvalue weighted by atomic mass is 9.97. The molecule has 2 atom stereocenters. The van der Waals surface area contributed by atoms with Crippen LogP contribution < -0.4 is 0 Å². The van der Waals surface area contributed by atoms with E-state index in [4.69, 9.17) is 14.5 Å². The SMILES string of the molecule is CCCC(C(=O)OOCc1ccccc1)C(OCc1ccccc1)C(=O)O. The molecule has 1 N–H and O–H groups in total. The third kappa shape index (κ3) is 6.84. The Morgan fingerprint density at radius 3 is 2.00 bits per heavy atom. The van der Waals surface area contributed by atoms with Crippen LogP contribution in [0.1, 0.15) is 30.9 Å². The van der Waals surface area contributed by atoms with Crippen molar-refractivity contribution in [2.75, 3.05) is 0 Å². The van der Waals surface area contributed by atoms with Crippen molar-refractivity contribution in [3.63, 3.8) is 0 Å². The average Bonchev–Trinajstić information content (AvgIpc) is 2.68. The van der Waals surface area contributed by atoms with Gasteiger partial charge in [0.25, 0.3) is 0 Å². The van der Waals surface area contributed by atoms with Crippen molar-refractivity contribution >= 4 is 11.9 Å². The highest BCUT2D eigenvalue weighted by atomic mass is 17.2. The van der Waals surface area contributed by atoms with E-state index in [0.717, 1.165) is 11.1 Å². The van der Waals surface area contributed by atoms with E-state index in [0.29, 0.717) is 12.8 Å². The van der Waals surface area contributed by atoms with Gasteiger partial charge in [0, 0.05) is 0 Å². The minimum absolute atomic E-state index is 0.0913. The first kappa shape index (κ1) is 20.6. The van der Waals surface area contributed by atoms with Gasteiger partial charge in [-0.25, -0.2) is 9.59 Å². The zero-order valence-electron chi connectivity index (χ0n) is 15.2. The Balaban J connectivity index is 1.95. The van der Waals surface area contributed by atoms with E-state index in [-0.39, 0.29) is 13.2 Å². The number of rotatable bonds is 11. The lowest BCUT2D eigenvalue weighted by molar-refractivity contribution is -0.286. The Kier molecular flexibility index (Phi) is 8.48. The van der Waals surface area contributed by atoms with Crippen molar-refractivity contribution in [3.8, 4) is 0 Å². The summed E-state index contributed by atoms with van der Waals surface area (Å²) in [7, 11) is 0. The van der Waals surface area contributed by atoms with E-state index in [1.807, 2.05) is 67.6 Å². The first-order valence-corrected chi connectivity index (χ1v) is 8.87. The fourth-order valence-electron chi connectivity index (χ4n) is 2.62. The Hall–Kier alpha value is -2.70. The van der Waals surface area contributed by atoms with Gasteiger partial charge < -0.3 is 9.84 Å². The number of carboxylic acid groups (broad SMARTS) is 1. The average molecular weight is 372 g/mol. The minimum atomic E-state index is -1.31. The van der Waals surface area contributed by atoms with E-state index >= 15 is 0 Å². The topological polar surface area (TPSA) is 82.1 Å². The first-order chi connectivity index (χ1) is 13.1. The van der Waals surface area contributed by atoms with Crippen LogP contribution in [0.2, 0.25) is 0 Å². The Bertz CT molecular complexity index is 701. The number of aliphatic carboxylic acids is 1. The van der Waals surface area contributed by atoms with Crippen molar-refractivity contribution in [1.29, 1.82) is 0 Å². The summed E-state index contributed by atoms with van der Waals surface area (Å²) < 4.78 is 5.53. The number of hydrogen-bond acceptors (Lipinski definition) is 5. The van der Waals surface area contributed by atoms with Gasteiger partial charge in [-0.05, 0) is 17.5 Å². The highest BCUT2D eigenvalue weighted by Crippen LogP contribution is 2.19. The summed E-state index contributed by atoms with van der Waals surface area (Å²) in [5.74, 6) is -2.90. The molecule has 0 heterocycles. The lowest BCUT2D eigenvalue weighted by Gasteiger charge is -2.22. The van der Waals surface area contributed by atoms with Crippen LogP contribution in [-0.2, 0) is 37.3 Å². The van der Waals surface area contributed by atoms with E-state index < -0.39 is 24.0 Å². The highest BCUT2D eigenvalue weighted by Gasteiger charge is 2.36. The van der Waals surface area contributed by atoms with E-state index in [1.54, 1.807) is 0 Å². The molecule has 0 aliphatic rings. The van der Waals surface area contributed by atoms with Crippen molar-refractivity contribution in [1.82, 2.24) is 0 Å². The molecule has 0 radical (unpaired) electrons.